The smallest absolute Gasteiger partial charge is 0.249 e. The molecule has 0 spiro atoms. The van der Waals surface area contributed by atoms with Crippen molar-refractivity contribution in [1.82, 2.24) is 15.5 Å². The molecule has 17 heavy (non-hydrogen) atoms. The van der Waals surface area contributed by atoms with E-state index in [4.69, 9.17) is 0 Å². The first-order valence-electron chi connectivity index (χ1n) is 5.92. The second-order valence-corrected chi connectivity index (χ2v) is 4.67. The number of rotatable bonds is 2. The molecule has 2 rings (SSSR count). The molecule has 0 radical (unpaired) electrons. The highest BCUT2D eigenvalue weighted by molar-refractivity contribution is 6.04. The number of imide groups is 1. The molecule has 6 heteroatoms. The van der Waals surface area contributed by atoms with Gasteiger partial charge < -0.3 is 10.2 Å². The third kappa shape index (κ3) is 2.63. The Morgan fingerprint density at radius 2 is 2.24 bits per heavy atom. The minimum atomic E-state index is -0.547. The third-order valence-electron chi connectivity index (χ3n) is 3.37. The van der Waals surface area contributed by atoms with Crippen LogP contribution in [0.1, 0.15) is 19.8 Å². The van der Waals surface area contributed by atoms with Crippen LogP contribution < -0.4 is 10.6 Å². The minimum absolute atomic E-state index is 0.00805. The quantitative estimate of drug-likeness (QED) is 0.597. The topological polar surface area (TPSA) is 78.5 Å². The van der Waals surface area contributed by atoms with Gasteiger partial charge in [-0.05, 0) is 32.4 Å². The predicted octanol–water partition coefficient (Wildman–Crippen LogP) is -1.14. The fourth-order valence-electron chi connectivity index (χ4n) is 2.27. The molecular formula is C11H17N3O3. The summed E-state index contributed by atoms with van der Waals surface area (Å²) in [5.74, 6) is -0.561. The largest absolute Gasteiger partial charge is 0.322 e. The summed E-state index contributed by atoms with van der Waals surface area (Å²) in [6.07, 6.45) is 1.39. The summed E-state index contributed by atoms with van der Waals surface area (Å²) >= 11 is 0. The number of nitrogens with one attached hydrogen (secondary N) is 2. The second kappa shape index (κ2) is 4.83. The number of hydrogen-bond acceptors (Lipinski definition) is 4. The van der Waals surface area contributed by atoms with Crippen molar-refractivity contribution < 1.29 is 14.4 Å². The van der Waals surface area contributed by atoms with Crippen molar-refractivity contribution in [2.24, 2.45) is 5.92 Å². The maximum atomic E-state index is 12.0. The van der Waals surface area contributed by atoms with E-state index in [2.05, 4.69) is 10.6 Å². The Morgan fingerprint density at radius 3 is 2.88 bits per heavy atom. The average molecular weight is 239 g/mol. The van der Waals surface area contributed by atoms with E-state index in [-0.39, 0.29) is 18.4 Å². The highest BCUT2D eigenvalue weighted by atomic mass is 16.2. The number of hydrogen-bond donors (Lipinski definition) is 2. The first-order valence-corrected chi connectivity index (χ1v) is 5.92. The highest BCUT2D eigenvalue weighted by Crippen LogP contribution is 2.16. The Hall–Kier alpha value is -1.43. The van der Waals surface area contributed by atoms with Gasteiger partial charge in [-0.1, -0.05) is 0 Å². The zero-order valence-corrected chi connectivity index (χ0v) is 9.86. The van der Waals surface area contributed by atoms with Crippen LogP contribution in [0.5, 0.6) is 0 Å². The summed E-state index contributed by atoms with van der Waals surface area (Å²) in [4.78, 5) is 36.0. The second-order valence-electron chi connectivity index (χ2n) is 4.67. The van der Waals surface area contributed by atoms with E-state index in [1.165, 1.54) is 4.90 Å². The minimum Gasteiger partial charge on any atom is -0.322 e. The summed E-state index contributed by atoms with van der Waals surface area (Å²) in [6, 6.07) is -0.547. The average Bonchev–Trinajstić information content (AvgIpc) is 2.76. The van der Waals surface area contributed by atoms with Gasteiger partial charge in [0.15, 0.2) is 0 Å². The van der Waals surface area contributed by atoms with Crippen molar-refractivity contribution in [3.05, 3.63) is 0 Å². The van der Waals surface area contributed by atoms with Crippen LogP contribution >= 0.6 is 0 Å². The molecular weight excluding hydrogens is 222 g/mol. The summed E-state index contributed by atoms with van der Waals surface area (Å²) in [5.41, 5.74) is 0. The standard InChI is InChI=1S/C11H17N3O3/c1-7-11(17)13-9(15)6-14(7)10(16)4-8-2-3-12-5-8/h7-8,12H,2-6H2,1H3,(H,13,15,17). The molecule has 2 aliphatic rings. The van der Waals surface area contributed by atoms with E-state index in [1.807, 2.05) is 0 Å². The number of carbonyl (C=O) groups excluding carboxylic acids is 3. The molecule has 6 nitrogen and oxygen atoms in total. The molecule has 0 aromatic heterocycles. The highest BCUT2D eigenvalue weighted by Gasteiger charge is 2.34. The number of amides is 3. The summed E-state index contributed by atoms with van der Waals surface area (Å²) in [7, 11) is 0. The molecule has 0 aromatic carbocycles. The number of piperazine rings is 1. The Morgan fingerprint density at radius 1 is 1.47 bits per heavy atom. The van der Waals surface area contributed by atoms with Gasteiger partial charge in [-0.15, -0.1) is 0 Å². The lowest BCUT2D eigenvalue weighted by atomic mass is 10.0. The maximum Gasteiger partial charge on any atom is 0.249 e. The SMILES string of the molecule is CC1C(=O)NC(=O)CN1C(=O)CC1CCNC1. The normalized spacial score (nSPS) is 29.4. The van der Waals surface area contributed by atoms with Gasteiger partial charge in [-0.3, -0.25) is 19.7 Å². The van der Waals surface area contributed by atoms with Crippen molar-refractivity contribution in [1.29, 1.82) is 0 Å². The zero-order chi connectivity index (χ0) is 12.4. The molecule has 0 saturated carbocycles. The lowest BCUT2D eigenvalue weighted by Gasteiger charge is -2.32. The Balaban J connectivity index is 1.96. The van der Waals surface area contributed by atoms with Gasteiger partial charge in [-0.2, -0.15) is 0 Å². The molecule has 2 unspecified atom stereocenters. The molecule has 0 bridgehead atoms. The molecule has 2 atom stereocenters. The molecule has 2 aliphatic heterocycles. The molecule has 2 saturated heterocycles. The number of carbonyl (C=O) groups is 3. The van der Waals surface area contributed by atoms with Gasteiger partial charge in [0.05, 0.1) is 0 Å². The molecule has 94 valence electrons. The van der Waals surface area contributed by atoms with Crippen LogP contribution in [0.3, 0.4) is 0 Å². The van der Waals surface area contributed by atoms with Crippen molar-refractivity contribution in [2.75, 3.05) is 19.6 Å². The van der Waals surface area contributed by atoms with Gasteiger partial charge in [0.1, 0.15) is 12.6 Å². The van der Waals surface area contributed by atoms with Crippen molar-refractivity contribution in [3.63, 3.8) is 0 Å². The summed E-state index contributed by atoms with van der Waals surface area (Å²) in [6.45, 7) is 3.42. The van der Waals surface area contributed by atoms with Crippen LogP contribution in [0, 0.1) is 5.92 Å². The molecule has 0 aromatic rings. The third-order valence-corrected chi connectivity index (χ3v) is 3.37. The molecule has 2 N–H and O–H groups in total. The predicted molar refractivity (Wildman–Crippen MR) is 59.9 cm³/mol. The van der Waals surface area contributed by atoms with Crippen LogP contribution in [0.4, 0.5) is 0 Å². The Bertz CT molecular complexity index is 350. The van der Waals surface area contributed by atoms with Gasteiger partial charge >= 0.3 is 0 Å². The Kier molecular flexibility index (Phi) is 3.42. The van der Waals surface area contributed by atoms with Crippen molar-refractivity contribution >= 4 is 17.7 Å². The van der Waals surface area contributed by atoms with E-state index in [1.54, 1.807) is 6.92 Å². The first kappa shape index (κ1) is 12.0. The fourth-order valence-corrected chi connectivity index (χ4v) is 2.27. The van der Waals surface area contributed by atoms with E-state index in [0.29, 0.717) is 12.3 Å². The fraction of sp³-hybridized carbons (Fsp3) is 0.727. The number of nitrogens with zero attached hydrogens (tertiary/aromatic N) is 1. The van der Waals surface area contributed by atoms with Crippen LogP contribution in [-0.2, 0) is 14.4 Å². The van der Waals surface area contributed by atoms with Crippen LogP contribution in [0.15, 0.2) is 0 Å². The van der Waals surface area contributed by atoms with Crippen LogP contribution in [0.2, 0.25) is 0 Å². The molecule has 2 fully saturated rings. The van der Waals surface area contributed by atoms with E-state index in [0.717, 1.165) is 19.5 Å². The van der Waals surface area contributed by atoms with Gasteiger partial charge in [0.25, 0.3) is 0 Å². The van der Waals surface area contributed by atoms with Crippen molar-refractivity contribution in [2.45, 2.75) is 25.8 Å². The molecule has 3 amide bonds. The molecule has 2 heterocycles. The van der Waals surface area contributed by atoms with Gasteiger partial charge in [0.2, 0.25) is 17.7 Å². The first-order chi connectivity index (χ1) is 8.08. The van der Waals surface area contributed by atoms with Gasteiger partial charge in [0, 0.05) is 6.42 Å². The van der Waals surface area contributed by atoms with Crippen molar-refractivity contribution in [3.8, 4) is 0 Å². The Labute approximate surface area is 99.7 Å². The monoisotopic (exact) mass is 239 g/mol. The maximum absolute atomic E-state index is 12.0. The lowest BCUT2D eigenvalue weighted by Crippen LogP contribution is -2.58. The zero-order valence-electron chi connectivity index (χ0n) is 9.86. The molecule has 0 aliphatic carbocycles. The van der Waals surface area contributed by atoms with E-state index >= 15 is 0 Å². The van der Waals surface area contributed by atoms with E-state index in [9.17, 15) is 14.4 Å². The summed E-state index contributed by atoms with van der Waals surface area (Å²) in [5, 5.41) is 5.42. The summed E-state index contributed by atoms with van der Waals surface area (Å²) < 4.78 is 0. The van der Waals surface area contributed by atoms with E-state index < -0.39 is 11.9 Å². The van der Waals surface area contributed by atoms with Crippen LogP contribution in [-0.4, -0.2) is 48.3 Å². The lowest BCUT2D eigenvalue weighted by molar-refractivity contribution is -0.149. The van der Waals surface area contributed by atoms with Gasteiger partial charge in [-0.25, -0.2) is 0 Å². The van der Waals surface area contributed by atoms with Crippen LogP contribution in [0.25, 0.3) is 0 Å².